The summed E-state index contributed by atoms with van der Waals surface area (Å²) in [5.41, 5.74) is 2.63. The number of aromatic amines is 1. The number of ether oxygens (including phenoxy) is 2. The lowest BCUT2D eigenvalue weighted by atomic mass is 10.2. The van der Waals surface area contributed by atoms with Crippen LogP contribution in [0.2, 0.25) is 5.02 Å². The molecule has 23 heavy (non-hydrogen) atoms. The lowest BCUT2D eigenvalue weighted by molar-refractivity contribution is 0.297. The highest BCUT2D eigenvalue weighted by atomic mass is 35.5. The molecule has 1 aromatic heterocycles. The number of para-hydroxylation sites is 2. The van der Waals surface area contributed by atoms with E-state index in [1.807, 2.05) is 37.3 Å². The molecule has 0 saturated heterocycles. The summed E-state index contributed by atoms with van der Waals surface area (Å²) < 4.78 is 11.3. The van der Waals surface area contributed by atoms with Gasteiger partial charge in [-0.15, -0.1) is 0 Å². The Hall–Kier alpha value is -2.46. The molecule has 0 radical (unpaired) electrons. The molecular weight excluding hydrogens is 312 g/mol. The normalized spacial score (nSPS) is 10.7. The number of H-pyrrole nitrogens is 1. The number of hydrogen-bond donors (Lipinski definition) is 1. The van der Waals surface area contributed by atoms with Crippen LogP contribution in [0.4, 0.5) is 0 Å². The molecule has 5 heteroatoms. The zero-order chi connectivity index (χ0) is 16.2. The molecule has 0 aliphatic rings. The first-order chi connectivity index (χ1) is 11.2. The van der Waals surface area contributed by atoms with E-state index in [1.54, 1.807) is 12.1 Å². The van der Waals surface area contributed by atoms with Gasteiger partial charge in [-0.05, 0) is 25.1 Å². The molecule has 0 unspecified atom stereocenters. The molecule has 0 spiro atoms. The van der Waals surface area contributed by atoms with Crippen molar-refractivity contribution in [1.29, 1.82) is 0 Å². The van der Waals surface area contributed by atoms with Crippen molar-refractivity contribution in [1.82, 2.24) is 9.97 Å². The third-order valence-electron chi connectivity index (χ3n) is 3.33. The van der Waals surface area contributed by atoms with Gasteiger partial charge in [0.2, 0.25) is 0 Å². The number of imidazole rings is 1. The summed E-state index contributed by atoms with van der Waals surface area (Å²) in [7, 11) is 0. The zero-order valence-corrected chi connectivity index (χ0v) is 13.6. The highest BCUT2D eigenvalue weighted by Crippen LogP contribution is 2.38. The number of aromatic nitrogens is 2. The topological polar surface area (TPSA) is 47.1 Å². The zero-order valence-electron chi connectivity index (χ0n) is 12.8. The van der Waals surface area contributed by atoms with E-state index in [2.05, 4.69) is 16.5 Å². The van der Waals surface area contributed by atoms with E-state index < -0.39 is 0 Å². The van der Waals surface area contributed by atoms with Crippen molar-refractivity contribution in [2.45, 2.75) is 6.92 Å². The molecular formula is C18H17ClN2O2. The standard InChI is InChI=1S/C18H17ClN2O2/c1-3-9-23-17-11-13(19)12(10-16(17)22-4-2)18-20-14-7-5-6-8-15(14)21-18/h3,5-8,10-11H,1,4,9H2,2H3,(H,20,21). The molecule has 1 N–H and O–H groups in total. The molecule has 3 aromatic rings. The Morgan fingerprint density at radius 3 is 2.74 bits per heavy atom. The molecule has 0 bridgehead atoms. The second-order valence-electron chi connectivity index (χ2n) is 4.91. The Morgan fingerprint density at radius 2 is 2.00 bits per heavy atom. The molecule has 0 aliphatic carbocycles. The van der Waals surface area contributed by atoms with Gasteiger partial charge in [0.1, 0.15) is 12.4 Å². The van der Waals surface area contributed by atoms with Crippen LogP contribution in [0.3, 0.4) is 0 Å². The molecule has 0 amide bonds. The molecule has 0 fully saturated rings. The number of benzene rings is 2. The lowest BCUT2D eigenvalue weighted by Crippen LogP contribution is -2.00. The van der Waals surface area contributed by atoms with Crippen LogP contribution in [0.15, 0.2) is 49.1 Å². The van der Waals surface area contributed by atoms with Crippen LogP contribution >= 0.6 is 11.6 Å². The van der Waals surface area contributed by atoms with Crippen molar-refractivity contribution in [2.24, 2.45) is 0 Å². The monoisotopic (exact) mass is 328 g/mol. The van der Waals surface area contributed by atoms with Gasteiger partial charge in [0.05, 0.1) is 22.7 Å². The van der Waals surface area contributed by atoms with Gasteiger partial charge < -0.3 is 14.5 Å². The number of nitrogens with one attached hydrogen (secondary N) is 1. The van der Waals surface area contributed by atoms with Crippen LogP contribution in [0, 0.1) is 0 Å². The number of hydrogen-bond acceptors (Lipinski definition) is 3. The first kappa shape index (κ1) is 15.4. The lowest BCUT2D eigenvalue weighted by Gasteiger charge is -2.13. The number of rotatable bonds is 6. The molecule has 0 saturated carbocycles. The van der Waals surface area contributed by atoms with Crippen LogP contribution in [0.1, 0.15) is 6.92 Å². The highest BCUT2D eigenvalue weighted by Gasteiger charge is 2.15. The van der Waals surface area contributed by atoms with Crippen molar-refractivity contribution in [3.05, 3.63) is 54.1 Å². The molecule has 3 rings (SSSR count). The molecule has 2 aromatic carbocycles. The Morgan fingerprint density at radius 1 is 1.22 bits per heavy atom. The third kappa shape index (κ3) is 3.17. The van der Waals surface area contributed by atoms with E-state index in [9.17, 15) is 0 Å². The van der Waals surface area contributed by atoms with E-state index in [-0.39, 0.29) is 0 Å². The first-order valence-corrected chi connectivity index (χ1v) is 7.76. The fourth-order valence-electron chi connectivity index (χ4n) is 2.33. The number of halogens is 1. The van der Waals surface area contributed by atoms with Crippen molar-refractivity contribution in [3.63, 3.8) is 0 Å². The minimum absolute atomic E-state index is 0.389. The summed E-state index contributed by atoms with van der Waals surface area (Å²) in [4.78, 5) is 7.86. The largest absolute Gasteiger partial charge is 0.490 e. The average Bonchev–Trinajstić information content (AvgIpc) is 2.98. The smallest absolute Gasteiger partial charge is 0.163 e. The summed E-state index contributed by atoms with van der Waals surface area (Å²) in [6.07, 6.45) is 1.68. The fraction of sp³-hybridized carbons (Fsp3) is 0.167. The van der Waals surface area contributed by atoms with Crippen molar-refractivity contribution >= 4 is 22.6 Å². The summed E-state index contributed by atoms with van der Waals surface area (Å²) in [5.74, 6) is 1.93. The predicted molar refractivity (Wildman–Crippen MR) is 93.4 cm³/mol. The van der Waals surface area contributed by atoms with Gasteiger partial charge in [-0.2, -0.15) is 0 Å². The number of fused-ring (bicyclic) bond motifs is 1. The van der Waals surface area contributed by atoms with E-state index in [4.69, 9.17) is 21.1 Å². The van der Waals surface area contributed by atoms with E-state index in [0.29, 0.717) is 35.6 Å². The van der Waals surface area contributed by atoms with Gasteiger partial charge in [0.15, 0.2) is 11.5 Å². The molecule has 0 aliphatic heterocycles. The minimum atomic E-state index is 0.389. The van der Waals surface area contributed by atoms with Crippen molar-refractivity contribution < 1.29 is 9.47 Å². The van der Waals surface area contributed by atoms with Gasteiger partial charge in [0, 0.05) is 11.6 Å². The Kier molecular flexibility index (Phi) is 4.53. The van der Waals surface area contributed by atoms with E-state index in [1.165, 1.54) is 0 Å². The first-order valence-electron chi connectivity index (χ1n) is 7.38. The summed E-state index contributed by atoms with van der Waals surface area (Å²) in [6, 6.07) is 11.4. The van der Waals surface area contributed by atoms with Crippen LogP contribution in [-0.4, -0.2) is 23.2 Å². The highest BCUT2D eigenvalue weighted by molar-refractivity contribution is 6.33. The van der Waals surface area contributed by atoms with Gasteiger partial charge in [-0.25, -0.2) is 4.98 Å². The molecule has 4 nitrogen and oxygen atoms in total. The second kappa shape index (κ2) is 6.75. The van der Waals surface area contributed by atoms with Gasteiger partial charge >= 0.3 is 0 Å². The molecule has 0 atom stereocenters. The molecule has 118 valence electrons. The van der Waals surface area contributed by atoms with Gasteiger partial charge in [0.25, 0.3) is 0 Å². The third-order valence-corrected chi connectivity index (χ3v) is 3.65. The van der Waals surface area contributed by atoms with E-state index in [0.717, 1.165) is 16.6 Å². The summed E-state index contributed by atoms with van der Waals surface area (Å²) in [6.45, 7) is 6.50. The Bertz CT molecular complexity index is 809. The van der Waals surface area contributed by atoms with Crippen LogP contribution in [0.5, 0.6) is 11.5 Å². The SMILES string of the molecule is C=CCOc1cc(Cl)c(-c2nc3ccccc3[nH]2)cc1OCC. The van der Waals surface area contributed by atoms with Crippen LogP contribution in [-0.2, 0) is 0 Å². The minimum Gasteiger partial charge on any atom is -0.490 e. The van der Waals surface area contributed by atoms with Crippen molar-refractivity contribution in [2.75, 3.05) is 13.2 Å². The van der Waals surface area contributed by atoms with Crippen molar-refractivity contribution in [3.8, 4) is 22.9 Å². The second-order valence-corrected chi connectivity index (χ2v) is 5.32. The number of nitrogens with zero attached hydrogens (tertiary/aromatic N) is 1. The Labute approximate surface area is 139 Å². The maximum absolute atomic E-state index is 6.42. The van der Waals surface area contributed by atoms with Crippen LogP contribution in [0.25, 0.3) is 22.4 Å². The fourth-order valence-corrected chi connectivity index (χ4v) is 2.57. The maximum Gasteiger partial charge on any atom is 0.163 e. The van der Waals surface area contributed by atoms with E-state index >= 15 is 0 Å². The summed E-state index contributed by atoms with van der Waals surface area (Å²) in [5, 5.41) is 0.548. The predicted octanol–water partition coefficient (Wildman–Crippen LogP) is 4.85. The average molecular weight is 329 g/mol. The van der Waals surface area contributed by atoms with Crippen LogP contribution < -0.4 is 9.47 Å². The quantitative estimate of drug-likeness (QED) is 0.658. The Balaban J connectivity index is 2.07. The summed E-state index contributed by atoms with van der Waals surface area (Å²) >= 11 is 6.42. The maximum atomic E-state index is 6.42. The molecule has 1 heterocycles. The van der Waals surface area contributed by atoms with Gasteiger partial charge in [-0.1, -0.05) is 36.4 Å². The van der Waals surface area contributed by atoms with Gasteiger partial charge in [-0.3, -0.25) is 0 Å².